The molecule has 0 amide bonds. The van der Waals surface area contributed by atoms with Crippen LogP contribution >= 0.6 is 11.6 Å². The molecule has 0 saturated heterocycles. The van der Waals surface area contributed by atoms with Crippen LogP contribution in [0.2, 0.25) is 5.02 Å². The average molecular weight is 361 g/mol. The van der Waals surface area contributed by atoms with Crippen LogP contribution in [0.4, 0.5) is 5.69 Å². The molecular formula is C17H29ClN2O2S. The lowest BCUT2D eigenvalue weighted by Crippen LogP contribution is -2.14. The lowest BCUT2D eigenvalue weighted by atomic mass is 10.0. The van der Waals surface area contributed by atoms with E-state index in [9.17, 15) is 8.42 Å². The minimum Gasteiger partial charge on any atom is -0.317 e. The first kappa shape index (κ1) is 20.3. The molecule has 1 atom stereocenters. The molecule has 6 heteroatoms. The molecule has 4 nitrogen and oxygen atoms in total. The summed E-state index contributed by atoms with van der Waals surface area (Å²) >= 11 is 6.23. The number of hydrogen-bond donors (Lipinski definition) is 2. The number of nitrogens with one attached hydrogen (secondary N) is 2. The molecule has 2 rings (SSSR count). The van der Waals surface area contributed by atoms with Gasteiger partial charge in [-0.15, -0.1) is 0 Å². The molecule has 1 aliphatic carbocycles. The number of hydrogen-bond acceptors (Lipinski definition) is 3. The van der Waals surface area contributed by atoms with E-state index in [-0.39, 0.29) is 0 Å². The molecule has 1 aromatic rings. The third-order valence-corrected chi connectivity index (χ3v) is 4.76. The predicted molar refractivity (Wildman–Crippen MR) is 100 cm³/mol. The van der Waals surface area contributed by atoms with E-state index in [0.29, 0.717) is 16.6 Å². The zero-order valence-corrected chi connectivity index (χ0v) is 16.1. The SMILES string of the molecule is CC1CCc2ccc(NS(C)(=O)=O)c(Cl)c21.CCCNCCC. The minimum absolute atomic E-state index is 0.406. The summed E-state index contributed by atoms with van der Waals surface area (Å²) in [4.78, 5) is 0. The standard InChI is InChI=1S/C11H14ClNO2S.C6H15N/c1-7-3-4-8-5-6-9(11(12)10(7)8)13-16(2,14)15;1-3-5-7-6-4-2/h5-7,13H,3-4H2,1-2H3;7H,3-6H2,1-2H3. The van der Waals surface area contributed by atoms with Crippen molar-refractivity contribution in [2.75, 3.05) is 24.1 Å². The Hall–Kier alpha value is -0.780. The van der Waals surface area contributed by atoms with E-state index in [1.807, 2.05) is 6.07 Å². The fourth-order valence-electron chi connectivity index (χ4n) is 2.66. The van der Waals surface area contributed by atoms with Crippen LogP contribution in [0, 0.1) is 0 Å². The van der Waals surface area contributed by atoms with Crippen LogP contribution in [0.25, 0.3) is 0 Å². The van der Waals surface area contributed by atoms with E-state index in [1.54, 1.807) is 6.07 Å². The Labute approximate surface area is 146 Å². The summed E-state index contributed by atoms with van der Waals surface area (Å²) in [5.41, 5.74) is 2.81. The molecule has 0 bridgehead atoms. The maximum absolute atomic E-state index is 11.2. The van der Waals surface area contributed by atoms with Gasteiger partial charge >= 0.3 is 0 Å². The molecule has 132 valence electrons. The molecule has 0 saturated carbocycles. The summed E-state index contributed by atoms with van der Waals surface area (Å²) in [5.74, 6) is 0.406. The lowest BCUT2D eigenvalue weighted by molar-refractivity contribution is 0.607. The van der Waals surface area contributed by atoms with Gasteiger partial charge in [-0.25, -0.2) is 8.42 Å². The van der Waals surface area contributed by atoms with E-state index < -0.39 is 10.0 Å². The van der Waals surface area contributed by atoms with Crippen molar-refractivity contribution >= 4 is 27.3 Å². The van der Waals surface area contributed by atoms with Gasteiger partial charge in [0.15, 0.2) is 0 Å². The van der Waals surface area contributed by atoms with Gasteiger partial charge in [0.25, 0.3) is 0 Å². The van der Waals surface area contributed by atoms with Crippen molar-refractivity contribution < 1.29 is 8.42 Å². The van der Waals surface area contributed by atoms with Crippen molar-refractivity contribution in [3.8, 4) is 0 Å². The van der Waals surface area contributed by atoms with Crippen molar-refractivity contribution in [1.29, 1.82) is 0 Å². The second kappa shape index (κ2) is 9.50. The normalized spacial score (nSPS) is 16.5. The van der Waals surface area contributed by atoms with Gasteiger partial charge in [-0.2, -0.15) is 0 Å². The Kier molecular flexibility index (Phi) is 8.37. The predicted octanol–water partition coefficient (Wildman–Crippen LogP) is 4.16. The number of rotatable bonds is 6. The summed E-state index contributed by atoms with van der Waals surface area (Å²) in [7, 11) is -3.27. The van der Waals surface area contributed by atoms with E-state index >= 15 is 0 Å². The first-order chi connectivity index (χ1) is 10.8. The van der Waals surface area contributed by atoms with Crippen LogP contribution in [-0.2, 0) is 16.4 Å². The highest BCUT2D eigenvalue weighted by Gasteiger charge is 2.23. The maximum atomic E-state index is 11.2. The van der Waals surface area contributed by atoms with Gasteiger partial charge in [0.1, 0.15) is 0 Å². The number of benzene rings is 1. The zero-order valence-electron chi connectivity index (χ0n) is 14.6. The van der Waals surface area contributed by atoms with Crippen molar-refractivity contribution in [3.05, 3.63) is 28.3 Å². The van der Waals surface area contributed by atoms with Crippen molar-refractivity contribution in [3.63, 3.8) is 0 Å². The topological polar surface area (TPSA) is 58.2 Å². The van der Waals surface area contributed by atoms with Crippen LogP contribution < -0.4 is 10.0 Å². The zero-order chi connectivity index (χ0) is 17.5. The Bertz CT molecular complexity index is 599. The van der Waals surface area contributed by atoms with Gasteiger partial charge in [0, 0.05) is 0 Å². The largest absolute Gasteiger partial charge is 0.317 e. The second-order valence-corrected chi connectivity index (χ2v) is 8.19. The quantitative estimate of drug-likeness (QED) is 0.749. The highest BCUT2D eigenvalue weighted by molar-refractivity contribution is 7.92. The first-order valence-electron chi connectivity index (χ1n) is 8.29. The monoisotopic (exact) mass is 360 g/mol. The molecule has 1 unspecified atom stereocenters. The summed E-state index contributed by atoms with van der Waals surface area (Å²) in [6, 6.07) is 3.69. The second-order valence-electron chi connectivity index (χ2n) is 6.06. The highest BCUT2D eigenvalue weighted by atomic mass is 35.5. The molecule has 0 aromatic heterocycles. The molecule has 0 spiro atoms. The summed E-state index contributed by atoms with van der Waals surface area (Å²) in [6.07, 6.45) is 5.73. The summed E-state index contributed by atoms with van der Waals surface area (Å²) < 4.78 is 24.8. The molecule has 1 aliphatic rings. The van der Waals surface area contributed by atoms with Crippen LogP contribution in [0.15, 0.2) is 12.1 Å². The molecule has 2 N–H and O–H groups in total. The van der Waals surface area contributed by atoms with Gasteiger partial charge < -0.3 is 5.32 Å². The van der Waals surface area contributed by atoms with Crippen LogP contribution in [0.3, 0.4) is 0 Å². The highest BCUT2D eigenvalue weighted by Crippen LogP contribution is 2.41. The van der Waals surface area contributed by atoms with Crippen molar-refractivity contribution in [2.24, 2.45) is 0 Å². The summed E-state index contributed by atoms with van der Waals surface area (Å²) in [6.45, 7) is 8.83. The minimum atomic E-state index is -3.27. The number of fused-ring (bicyclic) bond motifs is 1. The van der Waals surface area contributed by atoms with Crippen LogP contribution in [0.5, 0.6) is 0 Å². The van der Waals surface area contributed by atoms with E-state index in [1.165, 1.54) is 31.5 Å². The molecular weight excluding hydrogens is 332 g/mol. The third kappa shape index (κ3) is 6.69. The summed E-state index contributed by atoms with van der Waals surface area (Å²) in [5, 5.41) is 3.83. The third-order valence-electron chi connectivity index (χ3n) is 3.76. The number of sulfonamides is 1. The molecule has 0 fully saturated rings. The smallest absolute Gasteiger partial charge is 0.229 e. The van der Waals surface area contributed by atoms with Crippen molar-refractivity contribution in [1.82, 2.24) is 5.32 Å². The number of aryl methyl sites for hydroxylation is 1. The first-order valence-corrected chi connectivity index (χ1v) is 10.6. The van der Waals surface area contributed by atoms with Gasteiger partial charge in [-0.3, -0.25) is 4.72 Å². The van der Waals surface area contributed by atoms with E-state index in [0.717, 1.165) is 24.7 Å². The fraction of sp³-hybridized carbons (Fsp3) is 0.647. The maximum Gasteiger partial charge on any atom is 0.229 e. The van der Waals surface area contributed by atoms with Crippen LogP contribution in [0.1, 0.15) is 57.1 Å². The molecule has 0 aliphatic heterocycles. The van der Waals surface area contributed by atoms with Gasteiger partial charge in [0.05, 0.1) is 17.0 Å². The van der Waals surface area contributed by atoms with Gasteiger partial charge in [-0.05, 0) is 61.9 Å². The Morgan fingerprint density at radius 3 is 2.35 bits per heavy atom. The molecule has 0 heterocycles. The molecule has 1 aromatic carbocycles. The van der Waals surface area contributed by atoms with Crippen LogP contribution in [-0.4, -0.2) is 27.8 Å². The van der Waals surface area contributed by atoms with E-state index in [4.69, 9.17) is 11.6 Å². The Morgan fingerprint density at radius 2 is 1.83 bits per heavy atom. The Morgan fingerprint density at radius 1 is 1.22 bits per heavy atom. The van der Waals surface area contributed by atoms with Gasteiger partial charge in [-0.1, -0.05) is 38.4 Å². The average Bonchev–Trinajstić information content (AvgIpc) is 2.84. The van der Waals surface area contributed by atoms with Crippen molar-refractivity contribution in [2.45, 2.75) is 52.4 Å². The molecule has 23 heavy (non-hydrogen) atoms. The lowest BCUT2D eigenvalue weighted by Gasteiger charge is -2.12. The van der Waals surface area contributed by atoms with E-state index in [2.05, 4.69) is 30.8 Å². The molecule has 0 radical (unpaired) electrons. The van der Waals surface area contributed by atoms with Gasteiger partial charge in [0.2, 0.25) is 10.0 Å². The number of anilines is 1. The Balaban J connectivity index is 0.000000322. The number of halogens is 1. The fourth-order valence-corrected chi connectivity index (χ4v) is 3.70.